The molecular formula is C13H17FN4. The van der Waals surface area contributed by atoms with Crippen molar-refractivity contribution in [1.82, 2.24) is 15.2 Å². The molecule has 0 bridgehead atoms. The lowest BCUT2D eigenvalue weighted by Crippen LogP contribution is -2.30. The standard InChI is InChI=1S/C13H17FN4/c1-8-6-10(14)4-5-11(8)13(16-15)12-7-9(2)17-18(12)3/h4-7,13,16H,15H2,1-3H3. The molecule has 1 aromatic heterocycles. The summed E-state index contributed by atoms with van der Waals surface area (Å²) in [5.41, 5.74) is 6.44. The summed E-state index contributed by atoms with van der Waals surface area (Å²) in [7, 11) is 1.87. The highest BCUT2D eigenvalue weighted by Crippen LogP contribution is 2.25. The second-order valence-corrected chi connectivity index (χ2v) is 4.43. The Bertz CT molecular complexity index is 562. The Kier molecular flexibility index (Phi) is 3.45. The number of hydrogen-bond acceptors (Lipinski definition) is 3. The van der Waals surface area contributed by atoms with Crippen LogP contribution in [-0.2, 0) is 7.05 Å². The molecule has 3 N–H and O–H groups in total. The van der Waals surface area contributed by atoms with Gasteiger partial charge in [0, 0.05) is 7.05 Å². The van der Waals surface area contributed by atoms with E-state index >= 15 is 0 Å². The molecule has 0 saturated heterocycles. The van der Waals surface area contributed by atoms with Crippen molar-refractivity contribution < 1.29 is 4.39 Å². The van der Waals surface area contributed by atoms with Gasteiger partial charge in [-0.3, -0.25) is 10.5 Å². The van der Waals surface area contributed by atoms with Gasteiger partial charge in [-0.25, -0.2) is 9.82 Å². The molecule has 0 spiro atoms. The van der Waals surface area contributed by atoms with Crippen LogP contribution in [0.25, 0.3) is 0 Å². The number of nitrogens with zero attached hydrogens (tertiary/aromatic N) is 2. The summed E-state index contributed by atoms with van der Waals surface area (Å²) in [6.07, 6.45) is 0. The molecule has 0 saturated carbocycles. The van der Waals surface area contributed by atoms with E-state index < -0.39 is 0 Å². The molecule has 0 aliphatic carbocycles. The van der Waals surface area contributed by atoms with Crippen LogP contribution in [0, 0.1) is 19.7 Å². The predicted molar refractivity (Wildman–Crippen MR) is 68.2 cm³/mol. The van der Waals surface area contributed by atoms with Gasteiger partial charge < -0.3 is 0 Å². The van der Waals surface area contributed by atoms with Crippen molar-refractivity contribution in [3.05, 3.63) is 52.6 Å². The normalized spacial score (nSPS) is 12.7. The average molecular weight is 248 g/mol. The summed E-state index contributed by atoms with van der Waals surface area (Å²) in [5.74, 6) is 5.39. The van der Waals surface area contributed by atoms with Crippen molar-refractivity contribution in [2.45, 2.75) is 19.9 Å². The highest BCUT2D eigenvalue weighted by molar-refractivity contribution is 5.35. The number of nitrogens with two attached hydrogens (primary N) is 1. The first-order chi connectivity index (χ1) is 8.52. The Labute approximate surface area is 106 Å². The molecule has 96 valence electrons. The number of benzene rings is 1. The number of aromatic nitrogens is 2. The Balaban J connectivity index is 2.48. The van der Waals surface area contributed by atoms with Crippen LogP contribution in [0.5, 0.6) is 0 Å². The highest BCUT2D eigenvalue weighted by Gasteiger charge is 2.18. The minimum atomic E-state index is -0.242. The van der Waals surface area contributed by atoms with Gasteiger partial charge in [0.2, 0.25) is 0 Å². The maximum Gasteiger partial charge on any atom is 0.123 e. The first kappa shape index (κ1) is 12.7. The summed E-state index contributed by atoms with van der Waals surface area (Å²) in [6, 6.07) is 6.46. The SMILES string of the molecule is Cc1cc(C(NN)c2ccc(F)cc2C)n(C)n1. The third-order valence-electron chi connectivity index (χ3n) is 3.04. The van der Waals surface area contributed by atoms with E-state index in [4.69, 9.17) is 5.84 Å². The monoisotopic (exact) mass is 248 g/mol. The molecule has 5 heteroatoms. The van der Waals surface area contributed by atoms with Crippen LogP contribution in [0.2, 0.25) is 0 Å². The summed E-state index contributed by atoms with van der Waals surface area (Å²) >= 11 is 0. The molecule has 0 radical (unpaired) electrons. The third-order valence-corrected chi connectivity index (χ3v) is 3.04. The van der Waals surface area contributed by atoms with Gasteiger partial charge in [0.25, 0.3) is 0 Å². The van der Waals surface area contributed by atoms with Crippen molar-refractivity contribution >= 4 is 0 Å². The number of rotatable bonds is 3. The van der Waals surface area contributed by atoms with Crippen LogP contribution >= 0.6 is 0 Å². The van der Waals surface area contributed by atoms with Gasteiger partial charge in [-0.05, 0) is 43.2 Å². The maximum atomic E-state index is 13.1. The van der Waals surface area contributed by atoms with Crippen molar-refractivity contribution in [1.29, 1.82) is 0 Å². The molecular weight excluding hydrogens is 231 g/mol. The largest absolute Gasteiger partial charge is 0.271 e. The fourth-order valence-electron chi connectivity index (χ4n) is 2.20. The number of hydrazine groups is 1. The Morgan fingerprint density at radius 2 is 2.06 bits per heavy atom. The molecule has 0 fully saturated rings. The van der Waals surface area contributed by atoms with Gasteiger partial charge in [-0.15, -0.1) is 0 Å². The Morgan fingerprint density at radius 3 is 2.56 bits per heavy atom. The third kappa shape index (κ3) is 2.27. The van der Waals surface area contributed by atoms with Gasteiger partial charge in [-0.2, -0.15) is 5.10 Å². The summed E-state index contributed by atoms with van der Waals surface area (Å²) < 4.78 is 14.9. The molecule has 0 aliphatic rings. The fraction of sp³-hybridized carbons (Fsp3) is 0.308. The Morgan fingerprint density at radius 1 is 1.33 bits per heavy atom. The maximum absolute atomic E-state index is 13.1. The number of aryl methyl sites for hydroxylation is 3. The summed E-state index contributed by atoms with van der Waals surface area (Å²) in [4.78, 5) is 0. The number of nitrogens with one attached hydrogen (secondary N) is 1. The van der Waals surface area contributed by atoms with E-state index in [1.165, 1.54) is 12.1 Å². The van der Waals surface area contributed by atoms with E-state index in [0.717, 1.165) is 22.5 Å². The quantitative estimate of drug-likeness (QED) is 0.642. The van der Waals surface area contributed by atoms with Gasteiger partial charge >= 0.3 is 0 Å². The van der Waals surface area contributed by atoms with Crippen LogP contribution < -0.4 is 11.3 Å². The van der Waals surface area contributed by atoms with Gasteiger partial charge in [0.1, 0.15) is 5.82 Å². The minimum Gasteiger partial charge on any atom is -0.271 e. The molecule has 18 heavy (non-hydrogen) atoms. The molecule has 2 aromatic rings. The lowest BCUT2D eigenvalue weighted by Gasteiger charge is -2.18. The Hall–Kier alpha value is -1.72. The second kappa shape index (κ2) is 4.88. The molecule has 2 rings (SSSR count). The highest BCUT2D eigenvalue weighted by atomic mass is 19.1. The topological polar surface area (TPSA) is 55.9 Å². The molecule has 1 atom stereocenters. The van der Waals surface area contributed by atoms with E-state index in [0.29, 0.717) is 0 Å². The fourth-order valence-corrected chi connectivity index (χ4v) is 2.20. The van der Waals surface area contributed by atoms with Crippen LogP contribution in [0.3, 0.4) is 0 Å². The first-order valence-electron chi connectivity index (χ1n) is 5.75. The minimum absolute atomic E-state index is 0.197. The van der Waals surface area contributed by atoms with Crippen LogP contribution in [0.1, 0.15) is 28.6 Å². The smallest absolute Gasteiger partial charge is 0.123 e. The molecule has 1 aromatic carbocycles. The zero-order valence-corrected chi connectivity index (χ0v) is 10.7. The molecule has 0 amide bonds. The molecule has 0 aliphatic heterocycles. The van der Waals surface area contributed by atoms with Crippen molar-refractivity contribution in [3.8, 4) is 0 Å². The van der Waals surface area contributed by atoms with E-state index in [1.807, 2.05) is 27.0 Å². The second-order valence-electron chi connectivity index (χ2n) is 4.43. The summed E-state index contributed by atoms with van der Waals surface area (Å²) in [5, 5.41) is 4.30. The lowest BCUT2D eigenvalue weighted by atomic mass is 9.99. The van der Waals surface area contributed by atoms with E-state index in [9.17, 15) is 4.39 Å². The van der Waals surface area contributed by atoms with Crippen LogP contribution in [0.4, 0.5) is 4.39 Å². The van der Waals surface area contributed by atoms with Crippen LogP contribution in [0.15, 0.2) is 24.3 Å². The summed E-state index contributed by atoms with van der Waals surface area (Å²) in [6.45, 7) is 3.79. The van der Waals surface area contributed by atoms with Crippen molar-refractivity contribution in [2.24, 2.45) is 12.9 Å². The average Bonchev–Trinajstić information content (AvgIpc) is 2.62. The molecule has 4 nitrogen and oxygen atoms in total. The van der Waals surface area contributed by atoms with Crippen LogP contribution in [-0.4, -0.2) is 9.78 Å². The predicted octanol–water partition coefficient (Wildman–Crippen LogP) is 1.73. The van der Waals surface area contributed by atoms with Crippen molar-refractivity contribution in [3.63, 3.8) is 0 Å². The number of hydrogen-bond donors (Lipinski definition) is 2. The van der Waals surface area contributed by atoms with Crippen molar-refractivity contribution in [2.75, 3.05) is 0 Å². The first-order valence-corrected chi connectivity index (χ1v) is 5.75. The van der Waals surface area contributed by atoms with Gasteiger partial charge in [-0.1, -0.05) is 6.07 Å². The van der Waals surface area contributed by atoms with Gasteiger partial charge in [0.05, 0.1) is 17.4 Å². The van der Waals surface area contributed by atoms with Gasteiger partial charge in [0.15, 0.2) is 0 Å². The number of halogens is 1. The molecule has 1 unspecified atom stereocenters. The zero-order valence-electron chi connectivity index (χ0n) is 10.7. The zero-order chi connectivity index (χ0) is 13.3. The van der Waals surface area contributed by atoms with E-state index in [-0.39, 0.29) is 11.9 Å². The lowest BCUT2D eigenvalue weighted by molar-refractivity contribution is 0.568. The molecule has 1 heterocycles. The van der Waals surface area contributed by atoms with E-state index in [2.05, 4.69) is 10.5 Å². The van der Waals surface area contributed by atoms with E-state index in [1.54, 1.807) is 10.7 Å².